The van der Waals surface area contributed by atoms with Gasteiger partial charge in [-0.25, -0.2) is 4.39 Å². The van der Waals surface area contributed by atoms with E-state index in [1.807, 2.05) is 34.6 Å². The Morgan fingerprint density at radius 1 is 1.33 bits per heavy atom. The molecule has 0 atom stereocenters. The van der Waals surface area contributed by atoms with E-state index in [1.165, 1.54) is 12.1 Å². The van der Waals surface area contributed by atoms with Crippen LogP contribution in [0, 0.1) is 11.2 Å². The van der Waals surface area contributed by atoms with E-state index < -0.39 is 0 Å². The maximum Gasteiger partial charge on any atom is 0.253 e. The highest BCUT2D eigenvalue weighted by atomic mass is 19.1. The average Bonchev–Trinajstić information content (AvgIpc) is 2.43. The van der Waals surface area contributed by atoms with Crippen LogP contribution in [0.2, 0.25) is 0 Å². The van der Waals surface area contributed by atoms with Gasteiger partial charge in [0.25, 0.3) is 5.91 Å². The van der Waals surface area contributed by atoms with Gasteiger partial charge in [0.1, 0.15) is 5.82 Å². The lowest BCUT2D eigenvalue weighted by Crippen LogP contribution is -2.40. The minimum absolute atomic E-state index is 0.00280. The molecule has 0 aromatic heterocycles. The molecule has 0 aliphatic rings. The van der Waals surface area contributed by atoms with Gasteiger partial charge in [-0.1, -0.05) is 27.7 Å². The molecule has 1 rings (SSSR count). The van der Waals surface area contributed by atoms with Crippen molar-refractivity contribution in [2.45, 2.75) is 40.5 Å². The summed E-state index contributed by atoms with van der Waals surface area (Å²) in [6.45, 7) is 10.6. The Bertz CT molecular complexity index is 498. The van der Waals surface area contributed by atoms with Crippen LogP contribution in [0.1, 0.15) is 56.5 Å². The number of benzene rings is 1. The van der Waals surface area contributed by atoms with Crippen molar-refractivity contribution in [3.63, 3.8) is 0 Å². The summed E-state index contributed by atoms with van der Waals surface area (Å²) in [7, 11) is 0. The molecule has 0 heterocycles. The number of amides is 1. The van der Waals surface area contributed by atoms with E-state index in [4.69, 9.17) is 0 Å². The van der Waals surface area contributed by atoms with Gasteiger partial charge in [0.05, 0.1) is 0 Å². The molecule has 0 bridgehead atoms. The fourth-order valence-corrected chi connectivity index (χ4v) is 2.15. The molecule has 0 aliphatic heterocycles. The topological polar surface area (TPSA) is 40.5 Å². The fourth-order valence-electron chi connectivity index (χ4n) is 2.15. The predicted octanol–water partition coefficient (Wildman–Crippen LogP) is 3.43. The number of aliphatic hydroxyl groups excluding tert-OH is 1. The van der Waals surface area contributed by atoms with Crippen molar-refractivity contribution in [1.29, 1.82) is 0 Å². The highest BCUT2D eigenvalue weighted by Gasteiger charge is 2.24. The molecule has 1 aromatic carbocycles. The maximum atomic E-state index is 13.7. The lowest BCUT2D eigenvalue weighted by atomic mass is 9.93. The number of carbonyl (C=O) groups excluding carboxylic acids is 1. The van der Waals surface area contributed by atoms with E-state index in [1.54, 1.807) is 11.0 Å². The van der Waals surface area contributed by atoms with Crippen LogP contribution in [-0.4, -0.2) is 35.6 Å². The van der Waals surface area contributed by atoms with Crippen molar-refractivity contribution in [3.8, 4) is 0 Å². The molecular weight excluding hydrogens is 269 g/mol. The monoisotopic (exact) mass is 295 g/mol. The summed E-state index contributed by atoms with van der Waals surface area (Å²) in [5, 5.41) is 9.35. The van der Waals surface area contributed by atoms with Crippen LogP contribution in [0.15, 0.2) is 18.2 Å². The average molecular weight is 295 g/mol. The first-order valence-corrected chi connectivity index (χ1v) is 7.41. The predicted molar refractivity (Wildman–Crippen MR) is 82.9 cm³/mol. The number of rotatable bonds is 6. The molecule has 0 aliphatic carbocycles. The first-order chi connectivity index (χ1) is 9.70. The van der Waals surface area contributed by atoms with Gasteiger partial charge < -0.3 is 10.0 Å². The van der Waals surface area contributed by atoms with E-state index in [9.17, 15) is 14.3 Å². The molecule has 0 unspecified atom stereocenters. The third kappa shape index (κ3) is 4.81. The van der Waals surface area contributed by atoms with Gasteiger partial charge in [0.2, 0.25) is 0 Å². The Hall–Kier alpha value is -1.42. The molecular formula is C17H26FNO2. The van der Waals surface area contributed by atoms with Crippen LogP contribution in [0.3, 0.4) is 0 Å². The molecule has 0 spiro atoms. The summed E-state index contributed by atoms with van der Waals surface area (Å²) in [4.78, 5) is 14.2. The zero-order valence-corrected chi connectivity index (χ0v) is 13.6. The fraction of sp³-hybridized carbons (Fsp3) is 0.588. The molecule has 0 saturated carbocycles. The maximum absolute atomic E-state index is 13.7. The summed E-state index contributed by atoms with van der Waals surface area (Å²) in [5.41, 5.74) is 0.810. The lowest BCUT2D eigenvalue weighted by Gasteiger charge is -2.30. The zero-order chi connectivity index (χ0) is 16.2. The molecule has 1 aromatic rings. The first-order valence-electron chi connectivity index (χ1n) is 7.41. The van der Waals surface area contributed by atoms with Crippen molar-refractivity contribution < 1.29 is 14.3 Å². The molecule has 1 N–H and O–H groups in total. The molecule has 4 heteroatoms. The SMILES string of the molecule is CCN(CC(C)(C)CO)C(=O)c1cc(F)cc(C(C)C)c1. The van der Waals surface area contributed by atoms with Crippen molar-refractivity contribution in [2.75, 3.05) is 19.7 Å². The van der Waals surface area contributed by atoms with Gasteiger partial charge in [0, 0.05) is 30.7 Å². The quantitative estimate of drug-likeness (QED) is 0.873. The largest absolute Gasteiger partial charge is 0.396 e. The van der Waals surface area contributed by atoms with Gasteiger partial charge in [0.15, 0.2) is 0 Å². The Morgan fingerprint density at radius 3 is 2.43 bits per heavy atom. The van der Waals surface area contributed by atoms with Crippen molar-refractivity contribution in [2.24, 2.45) is 5.41 Å². The van der Waals surface area contributed by atoms with Gasteiger partial charge in [-0.3, -0.25) is 4.79 Å². The van der Waals surface area contributed by atoms with Gasteiger partial charge in [-0.15, -0.1) is 0 Å². The second-order valence-electron chi connectivity index (χ2n) is 6.57. The van der Waals surface area contributed by atoms with Crippen LogP contribution in [0.25, 0.3) is 0 Å². The number of halogens is 1. The second-order valence-corrected chi connectivity index (χ2v) is 6.57. The summed E-state index contributed by atoms with van der Waals surface area (Å²) in [6, 6.07) is 4.50. The zero-order valence-electron chi connectivity index (χ0n) is 13.6. The molecule has 0 fully saturated rings. The number of nitrogens with zero attached hydrogens (tertiary/aromatic N) is 1. The smallest absolute Gasteiger partial charge is 0.253 e. The Balaban J connectivity index is 3.05. The van der Waals surface area contributed by atoms with E-state index in [0.29, 0.717) is 18.7 Å². The van der Waals surface area contributed by atoms with Crippen LogP contribution >= 0.6 is 0 Å². The van der Waals surface area contributed by atoms with Crippen LogP contribution in [-0.2, 0) is 0 Å². The summed E-state index contributed by atoms with van der Waals surface area (Å²) in [6.07, 6.45) is 0. The summed E-state index contributed by atoms with van der Waals surface area (Å²) < 4.78 is 13.7. The number of carbonyl (C=O) groups is 1. The molecule has 21 heavy (non-hydrogen) atoms. The highest BCUT2D eigenvalue weighted by molar-refractivity contribution is 5.94. The number of hydrogen-bond donors (Lipinski definition) is 1. The summed E-state index contributed by atoms with van der Waals surface area (Å²) in [5.74, 6) is -0.418. The van der Waals surface area contributed by atoms with Crippen LogP contribution < -0.4 is 0 Å². The van der Waals surface area contributed by atoms with E-state index in [2.05, 4.69) is 0 Å². The minimum Gasteiger partial charge on any atom is -0.396 e. The Kier molecular flexibility index (Phi) is 5.90. The summed E-state index contributed by atoms with van der Waals surface area (Å²) >= 11 is 0. The van der Waals surface area contributed by atoms with E-state index >= 15 is 0 Å². The molecule has 1 amide bonds. The Morgan fingerprint density at radius 2 is 1.95 bits per heavy atom. The van der Waals surface area contributed by atoms with E-state index in [0.717, 1.165) is 5.56 Å². The van der Waals surface area contributed by atoms with Crippen LogP contribution in [0.5, 0.6) is 0 Å². The lowest BCUT2D eigenvalue weighted by molar-refractivity contribution is 0.0615. The molecule has 3 nitrogen and oxygen atoms in total. The van der Waals surface area contributed by atoms with E-state index in [-0.39, 0.29) is 29.7 Å². The molecule has 0 saturated heterocycles. The Labute approximate surface area is 126 Å². The van der Waals surface area contributed by atoms with Crippen molar-refractivity contribution >= 4 is 5.91 Å². The number of aliphatic hydroxyl groups is 1. The van der Waals surface area contributed by atoms with Crippen molar-refractivity contribution in [1.82, 2.24) is 4.90 Å². The third-order valence-corrected chi connectivity index (χ3v) is 3.55. The van der Waals surface area contributed by atoms with Gasteiger partial charge in [-0.05, 0) is 36.6 Å². The highest BCUT2D eigenvalue weighted by Crippen LogP contribution is 2.21. The normalized spacial score (nSPS) is 11.8. The minimum atomic E-state index is -0.387. The van der Waals surface area contributed by atoms with Gasteiger partial charge in [-0.2, -0.15) is 0 Å². The van der Waals surface area contributed by atoms with Crippen LogP contribution in [0.4, 0.5) is 4.39 Å². The standard InChI is InChI=1S/C17H26FNO2/c1-6-19(10-17(4,5)11-20)16(21)14-7-13(12(2)3)8-15(18)9-14/h7-9,12,20H,6,10-11H2,1-5H3. The third-order valence-electron chi connectivity index (χ3n) is 3.55. The first kappa shape index (κ1) is 17.6. The van der Waals surface area contributed by atoms with Crippen molar-refractivity contribution in [3.05, 3.63) is 35.1 Å². The molecule has 118 valence electrons. The number of hydrogen-bond acceptors (Lipinski definition) is 2. The molecule has 0 radical (unpaired) electrons. The van der Waals surface area contributed by atoms with Gasteiger partial charge >= 0.3 is 0 Å². The second kappa shape index (κ2) is 7.03.